The Morgan fingerprint density at radius 1 is 1.14 bits per heavy atom. The molecule has 5 heteroatoms. The third-order valence-electron chi connectivity index (χ3n) is 6.70. The fourth-order valence-corrected chi connectivity index (χ4v) is 4.78. The topological polar surface area (TPSA) is 20.3 Å². The summed E-state index contributed by atoms with van der Waals surface area (Å²) in [6, 6.07) is 5.67. The number of carbonyl (C=O) groups is 1. The standard InChI is InChI=1S/C23H32F3NO/c1-22(17-19-8-5-9-20(16-19)23(24,25)26)12-14-27(15-13-22)21(28)11-10-18-6-3-2-4-7-18/h5,8-9,16,18H,2-4,6-7,10-15,17H2,1H3. The largest absolute Gasteiger partial charge is 0.416 e. The molecule has 2 nitrogen and oxygen atoms in total. The number of carbonyl (C=O) groups excluding carboxylic acids is 1. The Labute approximate surface area is 166 Å². The molecular weight excluding hydrogens is 363 g/mol. The molecule has 0 aromatic heterocycles. The van der Waals surface area contributed by atoms with E-state index in [1.165, 1.54) is 44.2 Å². The molecular formula is C23H32F3NO. The molecule has 28 heavy (non-hydrogen) atoms. The van der Waals surface area contributed by atoms with Crippen LogP contribution in [0.1, 0.15) is 75.8 Å². The molecule has 1 saturated carbocycles. The quantitative estimate of drug-likeness (QED) is 0.578. The monoisotopic (exact) mass is 395 g/mol. The molecule has 1 aliphatic carbocycles. The van der Waals surface area contributed by atoms with E-state index in [1.807, 2.05) is 4.90 Å². The number of nitrogens with zero attached hydrogens (tertiary/aromatic N) is 1. The highest BCUT2D eigenvalue weighted by Gasteiger charge is 2.34. The van der Waals surface area contributed by atoms with Gasteiger partial charge in [0, 0.05) is 19.5 Å². The number of amides is 1. The second-order valence-electron chi connectivity index (χ2n) is 9.11. The van der Waals surface area contributed by atoms with E-state index in [2.05, 4.69) is 6.92 Å². The van der Waals surface area contributed by atoms with Crippen LogP contribution in [-0.4, -0.2) is 23.9 Å². The zero-order chi connectivity index (χ0) is 20.2. The Morgan fingerprint density at radius 2 is 1.82 bits per heavy atom. The molecule has 0 N–H and O–H groups in total. The minimum atomic E-state index is -4.30. The van der Waals surface area contributed by atoms with E-state index in [0.29, 0.717) is 18.8 Å². The molecule has 2 aliphatic rings. The van der Waals surface area contributed by atoms with Crippen molar-refractivity contribution in [3.63, 3.8) is 0 Å². The molecule has 156 valence electrons. The van der Waals surface area contributed by atoms with Crippen molar-refractivity contribution in [3.05, 3.63) is 35.4 Å². The lowest BCUT2D eigenvalue weighted by Gasteiger charge is -2.40. The lowest BCUT2D eigenvalue weighted by atomic mass is 9.75. The third kappa shape index (κ3) is 5.74. The first-order chi connectivity index (χ1) is 13.3. The second-order valence-corrected chi connectivity index (χ2v) is 9.11. The van der Waals surface area contributed by atoms with Gasteiger partial charge in [-0.2, -0.15) is 13.2 Å². The van der Waals surface area contributed by atoms with Crippen LogP contribution in [0.15, 0.2) is 24.3 Å². The summed E-state index contributed by atoms with van der Waals surface area (Å²) >= 11 is 0. The molecule has 1 aromatic rings. The van der Waals surface area contributed by atoms with Gasteiger partial charge in [-0.25, -0.2) is 0 Å². The minimum Gasteiger partial charge on any atom is -0.343 e. The number of piperidine rings is 1. The molecule has 0 bridgehead atoms. The first-order valence-corrected chi connectivity index (χ1v) is 10.7. The number of hydrogen-bond acceptors (Lipinski definition) is 1. The summed E-state index contributed by atoms with van der Waals surface area (Å²) in [6.07, 6.45) is 6.15. The van der Waals surface area contributed by atoms with Gasteiger partial charge < -0.3 is 4.90 Å². The van der Waals surface area contributed by atoms with Crippen LogP contribution in [-0.2, 0) is 17.4 Å². The molecule has 1 amide bonds. The van der Waals surface area contributed by atoms with Gasteiger partial charge in [0.25, 0.3) is 0 Å². The minimum absolute atomic E-state index is 0.0512. The van der Waals surface area contributed by atoms with E-state index in [4.69, 9.17) is 0 Å². The molecule has 1 aromatic carbocycles. The number of alkyl halides is 3. The van der Waals surface area contributed by atoms with Crippen molar-refractivity contribution >= 4 is 5.91 Å². The number of rotatable bonds is 5. The van der Waals surface area contributed by atoms with Gasteiger partial charge in [0.1, 0.15) is 0 Å². The maximum atomic E-state index is 12.9. The number of halogens is 3. The fourth-order valence-electron chi connectivity index (χ4n) is 4.78. The highest BCUT2D eigenvalue weighted by molar-refractivity contribution is 5.76. The van der Waals surface area contributed by atoms with Crippen LogP contribution in [0.5, 0.6) is 0 Å². The predicted octanol–water partition coefficient (Wildman–Crippen LogP) is 6.24. The van der Waals surface area contributed by atoms with Crippen LogP contribution < -0.4 is 0 Å². The molecule has 1 saturated heterocycles. The van der Waals surface area contributed by atoms with E-state index < -0.39 is 11.7 Å². The molecule has 0 spiro atoms. The van der Waals surface area contributed by atoms with Crippen molar-refractivity contribution < 1.29 is 18.0 Å². The van der Waals surface area contributed by atoms with Gasteiger partial charge in [-0.1, -0.05) is 57.2 Å². The second kappa shape index (κ2) is 8.87. The van der Waals surface area contributed by atoms with Gasteiger partial charge in [-0.05, 0) is 48.6 Å². The van der Waals surface area contributed by atoms with E-state index in [1.54, 1.807) is 6.07 Å². The van der Waals surface area contributed by atoms with Crippen molar-refractivity contribution in [1.82, 2.24) is 4.90 Å². The molecule has 1 aliphatic heterocycles. The molecule has 0 radical (unpaired) electrons. The third-order valence-corrected chi connectivity index (χ3v) is 6.70. The molecule has 0 unspecified atom stereocenters. The van der Waals surface area contributed by atoms with E-state index in [9.17, 15) is 18.0 Å². The number of likely N-dealkylation sites (tertiary alicyclic amines) is 1. The first kappa shape index (κ1) is 21.2. The highest BCUT2D eigenvalue weighted by atomic mass is 19.4. The highest BCUT2D eigenvalue weighted by Crippen LogP contribution is 2.37. The van der Waals surface area contributed by atoms with E-state index in [0.717, 1.165) is 44.0 Å². The number of benzene rings is 1. The van der Waals surface area contributed by atoms with E-state index >= 15 is 0 Å². The van der Waals surface area contributed by atoms with Gasteiger partial charge in [0.05, 0.1) is 5.56 Å². The van der Waals surface area contributed by atoms with Gasteiger partial charge in [0.15, 0.2) is 0 Å². The Hall–Kier alpha value is -1.52. The smallest absolute Gasteiger partial charge is 0.343 e. The van der Waals surface area contributed by atoms with Crippen LogP contribution in [0.2, 0.25) is 0 Å². The lowest BCUT2D eigenvalue weighted by Crippen LogP contribution is -2.43. The van der Waals surface area contributed by atoms with Crippen molar-refractivity contribution in [3.8, 4) is 0 Å². The summed E-state index contributed by atoms with van der Waals surface area (Å²) < 4.78 is 38.8. The van der Waals surface area contributed by atoms with Crippen LogP contribution in [0.25, 0.3) is 0 Å². The fraction of sp³-hybridized carbons (Fsp3) is 0.696. The maximum absolute atomic E-state index is 12.9. The lowest BCUT2D eigenvalue weighted by molar-refractivity contribution is -0.137. The van der Waals surface area contributed by atoms with Gasteiger partial charge in [-0.15, -0.1) is 0 Å². The summed E-state index contributed by atoms with van der Waals surface area (Å²) in [6.45, 7) is 3.58. The molecule has 0 atom stereocenters. The van der Waals surface area contributed by atoms with Crippen LogP contribution in [0.4, 0.5) is 13.2 Å². The molecule has 2 fully saturated rings. The first-order valence-electron chi connectivity index (χ1n) is 10.7. The zero-order valence-electron chi connectivity index (χ0n) is 16.9. The predicted molar refractivity (Wildman–Crippen MR) is 105 cm³/mol. The van der Waals surface area contributed by atoms with Crippen LogP contribution in [0, 0.1) is 11.3 Å². The van der Waals surface area contributed by atoms with Crippen molar-refractivity contribution in [2.75, 3.05) is 13.1 Å². The Balaban J connectivity index is 1.49. The number of hydrogen-bond donors (Lipinski definition) is 0. The van der Waals surface area contributed by atoms with Crippen molar-refractivity contribution in [2.45, 2.75) is 77.3 Å². The van der Waals surface area contributed by atoms with Crippen LogP contribution in [0.3, 0.4) is 0 Å². The van der Waals surface area contributed by atoms with Crippen molar-refractivity contribution in [2.24, 2.45) is 11.3 Å². The summed E-state index contributed by atoms with van der Waals surface area (Å²) in [5.74, 6) is 0.973. The summed E-state index contributed by atoms with van der Waals surface area (Å²) in [5, 5.41) is 0. The summed E-state index contributed by atoms with van der Waals surface area (Å²) in [7, 11) is 0. The molecule has 1 heterocycles. The Bertz CT molecular complexity index is 656. The van der Waals surface area contributed by atoms with Gasteiger partial charge in [0.2, 0.25) is 5.91 Å². The average molecular weight is 396 g/mol. The maximum Gasteiger partial charge on any atom is 0.416 e. The SMILES string of the molecule is CC1(Cc2cccc(C(F)(F)F)c2)CCN(C(=O)CCC2CCCCC2)CC1. The average Bonchev–Trinajstić information content (AvgIpc) is 2.67. The van der Waals surface area contributed by atoms with Gasteiger partial charge >= 0.3 is 6.18 Å². The van der Waals surface area contributed by atoms with Crippen LogP contribution >= 0.6 is 0 Å². The van der Waals surface area contributed by atoms with Crippen molar-refractivity contribution in [1.29, 1.82) is 0 Å². The zero-order valence-corrected chi connectivity index (χ0v) is 16.9. The Morgan fingerprint density at radius 3 is 2.46 bits per heavy atom. The summed E-state index contributed by atoms with van der Waals surface area (Å²) in [5.41, 5.74) is 0.100. The van der Waals surface area contributed by atoms with Gasteiger partial charge in [-0.3, -0.25) is 4.79 Å². The van der Waals surface area contributed by atoms with E-state index in [-0.39, 0.29) is 11.3 Å². The Kier molecular flexibility index (Phi) is 6.72. The molecule has 3 rings (SSSR count). The normalized spacial score (nSPS) is 20.9. The summed E-state index contributed by atoms with van der Waals surface area (Å²) in [4.78, 5) is 14.5.